The molecule has 0 spiro atoms. The number of carbonyl (C=O) groups is 3. The topological polar surface area (TPSA) is 124 Å². The second kappa shape index (κ2) is 11.9. The molecule has 1 aromatic heterocycles. The number of aliphatic hydroxyl groups is 1. The SMILES string of the molecule is CC(C)NC(=O)N(C)C[C@@H]1Oc2ccc(NC(=O)c3ccncc3)cc2C(=O)N([C@H](C)CO)C[C@@H]1C. The van der Waals surface area contributed by atoms with Crippen molar-refractivity contribution in [3.63, 3.8) is 0 Å². The molecule has 1 aliphatic heterocycles. The average molecular weight is 498 g/mol. The van der Waals surface area contributed by atoms with Gasteiger partial charge in [-0.05, 0) is 51.1 Å². The number of benzene rings is 1. The number of hydrogen-bond acceptors (Lipinski definition) is 6. The number of likely N-dealkylation sites (N-methyl/N-ethyl adjacent to an activating group) is 1. The second-order valence-corrected chi connectivity index (χ2v) is 9.51. The number of amides is 4. The van der Waals surface area contributed by atoms with Crippen LogP contribution in [0.1, 0.15) is 48.4 Å². The van der Waals surface area contributed by atoms with Crippen molar-refractivity contribution in [1.82, 2.24) is 20.1 Å². The molecule has 0 saturated carbocycles. The number of carbonyl (C=O) groups excluding carboxylic acids is 3. The minimum Gasteiger partial charge on any atom is -0.487 e. The van der Waals surface area contributed by atoms with Crippen LogP contribution in [0, 0.1) is 5.92 Å². The van der Waals surface area contributed by atoms with Gasteiger partial charge in [-0.15, -0.1) is 0 Å². The van der Waals surface area contributed by atoms with E-state index < -0.39 is 12.1 Å². The normalized spacial score (nSPS) is 18.4. The van der Waals surface area contributed by atoms with Crippen molar-refractivity contribution in [2.24, 2.45) is 5.92 Å². The van der Waals surface area contributed by atoms with E-state index in [2.05, 4.69) is 15.6 Å². The summed E-state index contributed by atoms with van der Waals surface area (Å²) in [6.45, 7) is 7.95. The molecule has 4 amide bonds. The lowest BCUT2D eigenvalue weighted by molar-refractivity contribution is 0.0366. The quantitative estimate of drug-likeness (QED) is 0.540. The highest BCUT2D eigenvalue weighted by atomic mass is 16.5. The number of nitrogens with one attached hydrogen (secondary N) is 2. The van der Waals surface area contributed by atoms with Crippen LogP contribution in [0.5, 0.6) is 5.75 Å². The highest BCUT2D eigenvalue weighted by Crippen LogP contribution is 2.31. The van der Waals surface area contributed by atoms with E-state index in [1.165, 1.54) is 12.4 Å². The maximum atomic E-state index is 13.5. The van der Waals surface area contributed by atoms with E-state index in [0.29, 0.717) is 30.1 Å². The standard InChI is InChI=1S/C26H35N5O5/c1-16(2)28-26(35)30(5)14-23-17(3)13-31(18(4)15-32)25(34)21-12-20(6-7-22(21)36-23)29-24(33)19-8-10-27-11-9-19/h6-12,16-18,23,32H,13-15H2,1-5H3,(H,28,35)(H,29,33)/t17-,18+,23-/m0/s1. The Balaban J connectivity index is 1.92. The minimum atomic E-state index is -0.427. The molecule has 3 atom stereocenters. The van der Waals surface area contributed by atoms with Gasteiger partial charge in [0.15, 0.2) is 0 Å². The van der Waals surface area contributed by atoms with E-state index in [9.17, 15) is 19.5 Å². The van der Waals surface area contributed by atoms with Crippen LogP contribution in [0.4, 0.5) is 10.5 Å². The monoisotopic (exact) mass is 497 g/mol. The molecule has 36 heavy (non-hydrogen) atoms. The molecule has 0 aliphatic carbocycles. The number of ether oxygens (including phenoxy) is 1. The van der Waals surface area contributed by atoms with Crippen molar-refractivity contribution < 1.29 is 24.2 Å². The van der Waals surface area contributed by atoms with Gasteiger partial charge in [0.05, 0.1) is 24.8 Å². The molecule has 0 bridgehead atoms. The van der Waals surface area contributed by atoms with Gasteiger partial charge < -0.3 is 30.3 Å². The van der Waals surface area contributed by atoms with Crippen molar-refractivity contribution in [2.45, 2.75) is 45.9 Å². The van der Waals surface area contributed by atoms with E-state index in [-0.39, 0.29) is 42.0 Å². The summed E-state index contributed by atoms with van der Waals surface area (Å²) < 4.78 is 6.30. The largest absolute Gasteiger partial charge is 0.487 e. The lowest BCUT2D eigenvalue weighted by Crippen LogP contribution is -2.51. The summed E-state index contributed by atoms with van der Waals surface area (Å²) in [5, 5.41) is 15.5. The van der Waals surface area contributed by atoms with E-state index >= 15 is 0 Å². The number of anilines is 1. The lowest BCUT2D eigenvalue weighted by Gasteiger charge is -2.38. The third-order valence-electron chi connectivity index (χ3n) is 6.08. The molecule has 3 rings (SSSR count). The zero-order valence-corrected chi connectivity index (χ0v) is 21.4. The third-order valence-corrected chi connectivity index (χ3v) is 6.08. The average Bonchev–Trinajstić information content (AvgIpc) is 2.86. The molecule has 0 unspecified atom stereocenters. The van der Waals surface area contributed by atoms with Crippen molar-refractivity contribution >= 4 is 23.5 Å². The predicted octanol–water partition coefficient (Wildman–Crippen LogP) is 2.60. The van der Waals surface area contributed by atoms with E-state index in [4.69, 9.17) is 4.74 Å². The van der Waals surface area contributed by atoms with E-state index in [1.54, 1.807) is 54.1 Å². The zero-order valence-electron chi connectivity index (χ0n) is 21.4. The van der Waals surface area contributed by atoms with Crippen molar-refractivity contribution in [3.05, 3.63) is 53.9 Å². The van der Waals surface area contributed by atoms with Crippen LogP contribution >= 0.6 is 0 Å². The van der Waals surface area contributed by atoms with Gasteiger partial charge in [-0.1, -0.05) is 6.92 Å². The van der Waals surface area contributed by atoms with Gasteiger partial charge in [-0.3, -0.25) is 14.6 Å². The number of aromatic nitrogens is 1. The first-order valence-corrected chi connectivity index (χ1v) is 12.1. The van der Waals surface area contributed by atoms with Crippen LogP contribution in [0.2, 0.25) is 0 Å². The number of fused-ring (bicyclic) bond motifs is 1. The summed E-state index contributed by atoms with van der Waals surface area (Å²) in [6.07, 6.45) is 2.65. The Bertz CT molecular complexity index is 1080. The van der Waals surface area contributed by atoms with Gasteiger partial charge in [-0.2, -0.15) is 0 Å². The fourth-order valence-electron chi connectivity index (χ4n) is 3.93. The maximum Gasteiger partial charge on any atom is 0.317 e. The van der Waals surface area contributed by atoms with E-state index in [0.717, 1.165) is 0 Å². The number of nitrogens with zero attached hydrogens (tertiary/aromatic N) is 3. The van der Waals surface area contributed by atoms with Crippen LogP contribution in [0.25, 0.3) is 0 Å². The number of hydrogen-bond donors (Lipinski definition) is 3. The molecule has 1 aliphatic rings. The Morgan fingerprint density at radius 3 is 2.56 bits per heavy atom. The number of pyridine rings is 1. The molecule has 2 aromatic rings. The molecular weight excluding hydrogens is 462 g/mol. The van der Waals surface area contributed by atoms with Gasteiger partial charge in [-0.25, -0.2) is 4.79 Å². The minimum absolute atomic E-state index is 0.00403. The number of rotatable bonds is 7. The molecule has 0 fully saturated rings. The molecule has 1 aromatic carbocycles. The molecular formula is C26H35N5O5. The smallest absolute Gasteiger partial charge is 0.317 e. The molecule has 10 nitrogen and oxygen atoms in total. The molecule has 0 saturated heterocycles. The zero-order chi connectivity index (χ0) is 26.4. The highest BCUT2D eigenvalue weighted by molar-refractivity contribution is 6.05. The fraction of sp³-hybridized carbons (Fsp3) is 0.462. The van der Waals surface area contributed by atoms with Crippen molar-refractivity contribution in [3.8, 4) is 5.75 Å². The summed E-state index contributed by atoms with van der Waals surface area (Å²) in [4.78, 5) is 45.7. The van der Waals surface area contributed by atoms with Crippen molar-refractivity contribution in [1.29, 1.82) is 0 Å². The van der Waals surface area contributed by atoms with Gasteiger partial charge >= 0.3 is 6.03 Å². The molecule has 10 heteroatoms. The molecule has 194 valence electrons. The Morgan fingerprint density at radius 2 is 1.92 bits per heavy atom. The lowest BCUT2D eigenvalue weighted by atomic mass is 9.99. The Hall–Kier alpha value is -3.66. The summed E-state index contributed by atoms with van der Waals surface area (Å²) in [5.74, 6) is -0.410. The predicted molar refractivity (Wildman–Crippen MR) is 136 cm³/mol. The number of aliphatic hydroxyl groups excluding tert-OH is 1. The van der Waals surface area contributed by atoms with Gasteiger partial charge in [0.1, 0.15) is 11.9 Å². The first-order valence-electron chi connectivity index (χ1n) is 12.1. The van der Waals surface area contributed by atoms with Gasteiger partial charge in [0.25, 0.3) is 11.8 Å². The first kappa shape index (κ1) is 26.9. The number of urea groups is 1. The van der Waals surface area contributed by atoms with Gasteiger partial charge in [0, 0.05) is 49.2 Å². The third kappa shape index (κ3) is 6.51. The van der Waals surface area contributed by atoms with Crippen LogP contribution in [-0.4, -0.2) is 82.7 Å². The Kier molecular flexibility index (Phi) is 8.87. The Labute approximate surface area is 211 Å². The Morgan fingerprint density at radius 1 is 1.22 bits per heavy atom. The van der Waals surface area contributed by atoms with Crippen molar-refractivity contribution in [2.75, 3.05) is 32.1 Å². The van der Waals surface area contributed by atoms with Crippen LogP contribution in [0.15, 0.2) is 42.7 Å². The summed E-state index contributed by atoms with van der Waals surface area (Å²) in [5.41, 5.74) is 1.14. The fourth-order valence-corrected chi connectivity index (χ4v) is 3.93. The van der Waals surface area contributed by atoms with Crippen LogP contribution in [0.3, 0.4) is 0 Å². The second-order valence-electron chi connectivity index (χ2n) is 9.51. The summed E-state index contributed by atoms with van der Waals surface area (Å²) in [6, 6.07) is 7.45. The van der Waals surface area contributed by atoms with E-state index in [1.807, 2.05) is 20.8 Å². The van der Waals surface area contributed by atoms with Crippen LogP contribution < -0.4 is 15.4 Å². The highest BCUT2D eigenvalue weighted by Gasteiger charge is 2.34. The summed E-state index contributed by atoms with van der Waals surface area (Å²) >= 11 is 0. The maximum absolute atomic E-state index is 13.5. The molecule has 3 N–H and O–H groups in total. The van der Waals surface area contributed by atoms with Crippen LogP contribution in [-0.2, 0) is 0 Å². The molecule has 2 heterocycles. The first-order chi connectivity index (χ1) is 17.1. The summed E-state index contributed by atoms with van der Waals surface area (Å²) in [7, 11) is 1.70. The molecule has 0 radical (unpaired) electrons. The van der Waals surface area contributed by atoms with Gasteiger partial charge in [0.2, 0.25) is 0 Å².